The highest BCUT2D eigenvalue weighted by molar-refractivity contribution is 4.79. The van der Waals surface area contributed by atoms with Crippen molar-refractivity contribution in [2.75, 3.05) is 13.2 Å². The Bertz CT molecular complexity index is 147. The van der Waals surface area contributed by atoms with Gasteiger partial charge in [-0.2, -0.15) is 0 Å². The van der Waals surface area contributed by atoms with E-state index in [2.05, 4.69) is 13.8 Å². The van der Waals surface area contributed by atoms with Gasteiger partial charge in [0.25, 0.3) is 0 Å². The van der Waals surface area contributed by atoms with Crippen LogP contribution < -0.4 is 0 Å². The molecule has 1 rings (SSSR count). The number of aliphatic hydroxyl groups is 1. The van der Waals surface area contributed by atoms with Gasteiger partial charge in [0.05, 0.1) is 19.3 Å². The predicted molar refractivity (Wildman–Crippen MR) is 58.2 cm³/mol. The Morgan fingerprint density at radius 1 is 1.36 bits per heavy atom. The van der Waals surface area contributed by atoms with Crippen molar-refractivity contribution in [2.24, 2.45) is 11.8 Å². The third kappa shape index (κ3) is 3.58. The zero-order valence-corrected chi connectivity index (χ0v) is 9.54. The summed E-state index contributed by atoms with van der Waals surface area (Å²) in [5, 5.41) is 8.75. The normalized spacial score (nSPS) is 33.2. The van der Waals surface area contributed by atoms with Crippen molar-refractivity contribution >= 4 is 0 Å². The molecular formula is C12H24O2. The van der Waals surface area contributed by atoms with Gasteiger partial charge in [-0.05, 0) is 31.1 Å². The molecule has 1 N–H and O–H groups in total. The van der Waals surface area contributed by atoms with Crippen molar-refractivity contribution in [1.29, 1.82) is 0 Å². The van der Waals surface area contributed by atoms with E-state index in [0.717, 1.165) is 11.8 Å². The van der Waals surface area contributed by atoms with Gasteiger partial charge >= 0.3 is 0 Å². The molecule has 0 saturated heterocycles. The lowest BCUT2D eigenvalue weighted by Gasteiger charge is -2.34. The highest BCUT2D eigenvalue weighted by Gasteiger charge is 2.28. The van der Waals surface area contributed by atoms with Crippen LogP contribution in [0, 0.1) is 11.8 Å². The van der Waals surface area contributed by atoms with Crippen molar-refractivity contribution < 1.29 is 9.84 Å². The first kappa shape index (κ1) is 12.0. The lowest BCUT2D eigenvalue weighted by Crippen LogP contribution is -2.31. The maximum atomic E-state index is 8.75. The van der Waals surface area contributed by atoms with E-state index in [-0.39, 0.29) is 6.61 Å². The standard InChI is InChI=1S/C12H24O2/c1-3-4-11-6-5-10(2)9-12(11)14-8-7-13/h10-13H,3-9H2,1-2H3. The molecule has 0 amide bonds. The molecule has 0 spiro atoms. The van der Waals surface area contributed by atoms with Gasteiger partial charge in [-0.25, -0.2) is 0 Å². The first-order chi connectivity index (χ1) is 6.77. The van der Waals surface area contributed by atoms with Crippen LogP contribution in [0.15, 0.2) is 0 Å². The molecule has 0 aromatic heterocycles. The first-order valence-electron chi connectivity index (χ1n) is 6.00. The number of ether oxygens (including phenoxy) is 1. The summed E-state index contributed by atoms with van der Waals surface area (Å²) in [7, 11) is 0. The number of aliphatic hydroxyl groups excluding tert-OH is 1. The summed E-state index contributed by atoms with van der Waals surface area (Å²) < 4.78 is 5.72. The predicted octanol–water partition coefficient (Wildman–Crippen LogP) is 2.60. The molecule has 0 aromatic carbocycles. The molecule has 2 nitrogen and oxygen atoms in total. The van der Waals surface area contributed by atoms with E-state index in [9.17, 15) is 0 Å². The maximum absolute atomic E-state index is 8.75. The molecule has 84 valence electrons. The second-order valence-corrected chi connectivity index (χ2v) is 4.60. The molecule has 3 atom stereocenters. The third-order valence-electron chi connectivity index (χ3n) is 3.27. The summed E-state index contributed by atoms with van der Waals surface area (Å²) in [6, 6.07) is 0. The molecule has 0 radical (unpaired) electrons. The van der Waals surface area contributed by atoms with Crippen LogP contribution in [-0.2, 0) is 4.74 Å². The van der Waals surface area contributed by atoms with Gasteiger partial charge in [-0.15, -0.1) is 0 Å². The highest BCUT2D eigenvalue weighted by atomic mass is 16.5. The lowest BCUT2D eigenvalue weighted by molar-refractivity contribution is -0.0385. The molecular weight excluding hydrogens is 176 g/mol. The fourth-order valence-corrected chi connectivity index (χ4v) is 2.50. The van der Waals surface area contributed by atoms with Gasteiger partial charge in [0.2, 0.25) is 0 Å². The van der Waals surface area contributed by atoms with Crippen molar-refractivity contribution in [3.05, 3.63) is 0 Å². The summed E-state index contributed by atoms with van der Waals surface area (Å²) in [4.78, 5) is 0. The molecule has 1 fully saturated rings. The molecule has 0 bridgehead atoms. The average molecular weight is 200 g/mol. The van der Waals surface area contributed by atoms with Crippen LogP contribution in [0.2, 0.25) is 0 Å². The topological polar surface area (TPSA) is 29.5 Å². The summed E-state index contributed by atoms with van der Waals surface area (Å²) >= 11 is 0. The summed E-state index contributed by atoms with van der Waals surface area (Å²) in [6.45, 7) is 5.21. The number of hydrogen-bond acceptors (Lipinski definition) is 2. The van der Waals surface area contributed by atoms with Crippen molar-refractivity contribution in [1.82, 2.24) is 0 Å². The molecule has 0 aromatic rings. The largest absolute Gasteiger partial charge is 0.394 e. The van der Waals surface area contributed by atoms with E-state index in [1.54, 1.807) is 0 Å². The molecule has 1 aliphatic rings. The lowest BCUT2D eigenvalue weighted by atomic mass is 9.78. The zero-order valence-electron chi connectivity index (χ0n) is 9.54. The monoisotopic (exact) mass is 200 g/mol. The molecule has 14 heavy (non-hydrogen) atoms. The second kappa shape index (κ2) is 6.41. The Balaban J connectivity index is 2.37. The first-order valence-corrected chi connectivity index (χ1v) is 6.00. The minimum atomic E-state index is 0.156. The van der Waals surface area contributed by atoms with Gasteiger partial charge in [0.1, 0.15) is 0 Å². The van der Waals surface area contributed by atoms with Crippen LogP contribution in [0.25, 0.3) is 0 Å². The molecule has 3 unspecified atom stereocenters. The maximum Gasteiger partial charge on any atom is 0.0701 e. The van der Waals surface area contributed by atoms with Crippen LogP contribution in [-0.4, -0.2) is 24.4 Å². The molecule has 0 heterocycles. The fourth-order valence-electron chi connectivity index (χ4n) is 2.50. The van der Waals surface area contributed by atoms with E-state index in [0.29, 0.717) is 12.7 Å². The van der Waals surface area contributed by atoms with Gasteiger partial charge < -0.3 is 9.84 Å². The Labute approximate surface area is 87.7 Å². The SMILES string of the molecule is CCCC1CCC(C)CC1OCCO. The summed E-state index contributed by atoms with van der Waals surface area (Å²) in [5.41, 5.74) is 0. The van der Waals surface area contributed by atoms with E-state index < -0.39 is 0 Å². The Kier molecular flexibility index (Phi) is 5.49. The van der Waals surface area contributed by atoms with Crippen molar-refractivity contribution in [3.63, 3.8) is 0 Å². The van der Waals surface area contributed by atoms with Crippen molar-refractivity contribution in [3.8, 4) is 0 Å². The third-order valence-corrected chi connectivity index (χ3v) is 3.27. The van der Waals surface area contributed by atoms with Gasteiger partial charge in [0.15, 0.2) is 0 Å². The molecule has 1 aliphatic carbocycles. The van der Waals surface area contributed by atoms with Gasteiger partial charge in [-0.3, -0.25) is 0 Å². The van der Waals surface area contributed by atoms with Gasteiger partial charge in [-0.1, -0.05) is 26.7 Å². The molecule has 0 aliphatic heterocycles. The highest BCUT2D eigenvalue weighted by Crippen LogP contribution is 2.33. The van der Waals surface area contributed by atoms with Crippen LogP contribution in [0.5, 0.6) is 0 Å². The van der Waals surface area contributed by atoms with E-state index in [1.807, 2.05) is 0 Å². The van der Waals surface area contributed by atoms with E-state index in [1.165, 1.54) is 32.1 Å². The minimum Gasteiger partial charge on any atom is -0.394 e. The molecule has 2 heteroatoms. The summed E-state index contributed by atoms with van der Waals surface area (Å²) in [5.74, 6) is 1.54. The Morgan fingerprint density at radius 2 is 2.14 bits per heavy atom. The quantitative estimate of drug-likeness (QED) is 0.739. The number of hydrogen-bond donors (Lipinski definition) is 1. The van der Waals surface area contributed by atoms with Crippen LogP contribution in [0.1, 0.15) is 46.0 Å². The molecule has 1 saturated carbocycles. The van der Waals surface area contributed by atoms with Crippen LogP contribution in [0.3, 0.4) is 0 Å². The zero-order chi connectivity index (χ0) is 10.4. The van der Waals surface area contributed by atoms with Crippen LogP contribution in [0.4, 0.5) is 0 Å². The minimum absolute atomic E-state index is 0.156. The van der Waals surface area contributed by atoms with Crippen molar-refractivity contribution in [2.45, 2.75) is 52.1 Å². The van der Waals surface area contributed by atoms with Crippen LogP contribution >= 0.6 is 0 Å². The fraction of sp³-hybridized carbons (Fsp3) is 1.00. The smallest absolute Gasteiger partial charge is 0.0701 e. The Hall–Kier alpha value is -0.0800. The Morgan fingerprint density at radius 3 is 2.79 bits per heavy atom. The average Bonchev–Trinajstić information content (AvgIpc) is 2.18. The van der Waals surface area contributed by atoms with E-state index in [4.69, 9.17) is 9.84 Å². The second-order valence-electron chi connectivity index (χ2n) is 4.60. The summed E-state index contributed by atoms with van der Waals surface area (Å²) in [6.07, 6.45) is 6.78. The number of rotatable bonds is 5. The van der Waals surface area contributed by atoms with E-state index >= 15 is 0 Å². The van der Waals surface area contributed by atoms with Gasteiger partial charge in [0, 0.05) is 0 Å².